The van der Waals surface area contributed by atoms with Crippen LogP contribution in [-0.2, 0) is 24.3 Å². The van der Waals surface area contributed by atoms with Crippen molar-refractivity contribution in [2.75, 3.05) is 19.7 Å². The highest BCUT2D eigenvalue weighted by Gasteiger charge is 2.32. The van der Waals surface area contributed by atoms with E-state index in [1.165, 1.54) is 35.5 Å². The summed E-state index contributed by atoms with van der Waals surface area (Å²) in [7, 11) is -3.84. The molecule has 156 valence electrons. The fourth-order valence-electron chi connectivity index (χ4n) is 2.97. The molecule has 1 saturated heterocycles. The SMILES string of the molecule is CC(=N)[C@@H](C#N)C(=O)COC(=O)c1cccc(S(=O)(=O)N2C[C@@H](C)O[C@H](C)C2)c1. The molecule has 1 N–H and O–H groups in total. The smallest absolute Gasteiger partial charge is 0.338 e. The lowest BCUT2D eigenvalue weighted by Gasteiger charge is -2.34. The van der Waals surface area contributed by atoms with E-state index >= 15 is 0 Å². The molecule has 0 spiro atoms. The zero-order valence-corrected chi connectivity index (χ0v) is 17.2. The zero-order chi connectivity index (χ0) is 21.8. The van der Waals surface area contributed by atoms with Gasteiger partial charge in [0.25, 0.3) is 0 Å². The summed E-state index contributed by atoms with van der Waals surface area (Å²) < 4.78 is 37.6. The lowest BCUT2D eigenvalue weighted by Crippen LogP contribution is -2.48. The number of hydrogen-bond acceptors (Lipinski definition) is 8. The van der Waals surface area contributed by atoms with Crippen molar-refractivity contribution in [3.8, 4) is 6.07 Å². The van der Waals surface area contributed by atoms with Gasteiger partial charge in [-0.1, -0.05) is 6.07 Å². The number of carbonyl (C=O) groups excluding carboxylic acids is 2. The van der Waals surface area contributed by atoms with Crippen LogP contribution >= 0.6 is 0 Å². The first-order valence-corrected chi connectivity index (χ1v) is 10.4. The highest BCUT2D eigenvalue weighted by Crippen LogP contribution is 2.22. The first-order chi connectivity index (χ1) is 13.6. The van der Waals surface area contributed by atoms with Crippen LogP contribution in [0.4, 0.5) is 0 Å². The maximum absolute atomic E-state index is 12.9. The molecule has 9 nitrogen and oxygen atoms in total. The molecule has 0 aliphatic carbocycles. The number of nitrogens with one attached hydrogen (secondary N) is 1. The molecule has 0 bridgehead atoms. The van der Waals surface area contributed by atoms with Gasteiger partial charge in [0.2, 0.25) is 10.0 Å². The van der Waals surface area contributed by atoms with Gasteiger partial charge >= 0.3 is 5.97 Å². The second kappa shape index (κ2) is 9.26. The Morgan fingerprint density at radius 3 is 2.52 bits per heavy atom. The van der Waals surface area contributed by atoms with Gasteiger partial charge in [-0.25, -0.2) is 13.2 Å². The first kappa shape index (κ1) is 22.7. The van der Waals surface area contributed by atoms with Crippen molar-refractivity contribution < 1.29 is 27.5 Å². The van der Waals surface area contributed by atoms with Crippen LogP contribution in [0.2, 0.25) is 0 Å². The van der Waals surface area contributed by atoms with Gasteiger partial charge in [-0.05, 0) is 39.0 Å². The topological polar surface area (TPSA) is 138 Å². The minimum Gasteiger partial charge on any atom is -0.454 e. The Hall–Kier alpha value is -2.61. The fourth-order valence-corrected chi connectivity index (χ4v) is 4.61. The number of benzene rings is 1. The van der Waals surface area contributed by atoms with Crippen LogP contribution in [0.25, 0.3) is 0 Å². The molecule has 0 amide bonds. The number of nitrogens with zero attached hydrogens (tertiary/aromatic N) is 2. The van der Waals surface area contributed by atoms with E-state index in [0.717, 1.165) is 0 Å². The number of ketones is 1. The van der Waals surface area contributed by atoms with Gasteiger partial charge in [-0.3, -0.25) is 4.79 Å². The second-order valence-electron chi connectivity index (χ2n) is 6.89. The standard InChI is InChI=1S/C19H23N3O6S/c1-12-9-22(10-13(2)28-12)29(25,26)16-6-4-5-15(7-16)19(24)27-11-18(23)17(8-20)14(3)21/h4-7,12-13,17,21H,9-11H2,1-3H3/t12-,13-,17-/m1/s1. The summed E-state index contributed by atoms with van der Waals surface area (Å²) in [5, 5.41) is 16.3. The lowest BCUT2D eigenvalue weighted by molar-refractivity contribution is -0.122. The van der Waals surface area contributed by atoms with Crippen LogP contribution in [0.5, 0.6) is 0 Å². The summed E-state index contributed by atoms with van der Waals surface area (Å²) in [5.74, 6) is -2.88. The predicted octanol–water partition coefficient (Wildman–Crippen LogP) is 1.39. The highest BCUT2D eigenvalue weighted by atomic mass is 32.2. The molecule has 1 aromatic carbocycles. The van der Waals surface area contributed by atoms with Gasteiger partial charge in [0.1, 0.15) is 5.92 Å². The molecule has 1 aliphatic rings. The fraction of sp³-hybridized carbons (Fsp3) is 0.474. The average Bonchev–Trinajstić information content (AvgIpc) is 2.65. The minimum atomic E-state index is -3.84. The van der Waals surface area contributed by atoms with Gasteiger partial charge < -0.3 is 14.9 Å². The molecule has 0 radical (unpaired) electrons. The van der Waals surface area contributed by atoms with Gasteiger partial charge in [0.05, 0.1) is 28.7 Å². The molecule has 10 heteroatoms. The molecule has 1 aliphatic heterocycles. The van der Waals surface area contributed by atoms with Gasteiger partial charge in [0, 0.05) is 18.8 Å². The maximum Gasteiger partial charge on any atom is 0.338 e. The third-order valence-electron chi connectivity index (χ3n) is 4.32. The van der Waals surface area contributed by atoms with E-state index in [1.54, 1.807) is 19.9 Å². The minimum absolute atomic E-state index is 0.0340. The van der Waals surface area contributed by atoms with Crippen LogP contribution in [0.3, 0.4) is 0 Å². The Morgan fingerprint density at radius 2 is 1.97 bits per heavy atom. The molecule has 1 fully saturated rings. The Labute approximate surface area is 169 Å². The molecule has 0 unspecified atom stereocenters. The van der Waals surface area contributed by atoms with E-state index in [1.807, 2.05) is 0 Å². The number of rotatable bonds is 7. The zero-order valence-electron chi connectivity index (χ0n) is 16.4. The average molecular weight is 421 g/mol. The van der Waals surface area contributed by atoms with Gasteiger partial charge in [-0.2, -0.15) is 9.57 Å². The van der Waals surface area contributed by atoms with E-state index < -0.39 is 34.3 Å². The number of ether oxygens (including phenoxy) is 2. The van der Waals surface area contributed by atoms with E-state index in [0.29, 0.717) is 0 Å². The lowest BCUT2D eigenvalue weighted by atomic mass is 10.0. The van der Waals surface area contributed by atoms with E-state index in [9.17, 15) is 18.0 Å². The number of hydrogen-bond donors (Lipinski definition) is 1. The Kier molecular flexibility index (Phi) is 7.24. The van der Waals surface area contributed by atoms with Crippen LogP contribution in [-0.4, -0.2) is 62.1 Å². The van der Waals surface area contributed by atoms with Crippen molar-refractivity contribution in [1.29, 1.82) is 10.7 Å². The summed E-state index contributed by atoms with van der Waals surface area (Å²) in [5.41, 5.74) is -0.177. The van der Waals surface area contributed by atoms with Crippen LogP contribution in [0.15, 0.2) is 29.2 Å². The summed E-state index contributed by atoms with van der Waals surface area (Å²) in [6.07, 6.45) is -0.504. The molecule has 2 rings (SSSR count). The number of carbonyl (C=O) groups is 2. The Bertz CT molecular complexity index is 943. The third kappa shape index (κ3) is 5.47. The van der Waals surface area contributed by atoms with E-state index in [4.69, 9.17) is 20.1 Å². The van der Waals surface area contributed by atoms with Gasteiger partial charge in [0.15, 0.2) is 12.4 Å². The van der Waals surface area contributed by atoms with Crippen molar-refractivity contribution in [2.45, 2.75) is 37.9 Å². The molecule has 29 heavy (non-hydrogen) atoms. The number of morpholine rings is 1. The molecule has 1 heterocycles. The summed E-state index contributed by atoms with van der Waals surface area (Å²) >= 11 is 0. The summed E-state index contributed by atoms with van der Waals surface area (Å²) in [4.78, 5) is 24.1. The second-order valence-corrected chi connectivity index (χ2v) is 8.83. The Balaban J connectivity index is 2.14. The molecular formula is C19H23N3O6S. The van der Waals surface area contributed by atoms with Crippen LogP contribution in [0.1, 0.15) is 31.1 Å². The molecule has 1 aromatic rings. The van der Waals surface area contributed by atoms with Crippen molar-refractivity contribution in [1.82, 2.24) is 4.31 Å². The van der Waals surface area contributed by atoms with Crippen molar-refractivity contribution in [3.63, 3.8) is 0 Å². The van der Waals surface area contributed by atoms with Crippen molar-refractivity contribution in [3.05, 3.63) is 29.8 Å². The summed E-state index contributed by atoms with van der Waals surface area (Å²) in [6.45, 7) is 4.61. The first-order valence-electron chi connectivity index (χ1n) is 8.96. The largest absolute Gasteiger partial charge is 0.454 e. The highest BCUT2D eigenvalue weighted by molar-refractivity contribution is 7.89. The van der Waals surface area contributed by atoms with Crippen LogP contribution < -0.4 is 0 Å². The Morgan fingerprint density at radius 1 is 1.34 bits per heavy atom. The molecule has 0 aromatic heterocycles. The van der Waals surface area contributed by atoms with Crippen molar-refractivity contribution >= 4 is 27.5 Å². The quantitative estimate of drug-likeness (QED) is 0.518. The number of nitriles is 1. The summed E-state index contributed by atoms with van der Waals surface area (Å²) in [6, 6.07) is 7.04. The molecular weight excluding hydrogens is 398 g/mol. The predicted molar refractivity (Wildman–Crippen MR) is 103 cm³/mol. The number of Topliss-reactive ketones (excluding diaryl/α,β-unsaturated/α-hetero) is 1. The number of esters is 1. The number of sulfonamides is 1. The van der Waals surface area contributed by atoms with Crippen molar-refractivity contribution in [2.24, 2.45) is 5.92 Å². The monoisotopic (exact) mass is 421 g/mol. The van der Waals surface area contributed by atoms with E-state index in [-0.39, 0.29) is 41.5 Å². The van der Waals surface area contributed by atoms with Gasteiger partial charge in [-0.15, -0.1) is 0 Å². The van der Waals surface area contributed by atoms with Crippen LogP contribution in [0, 0.1) is 22.7 Å². The molecule has 0 saturated carbocycles. The normalized spacial score (nSPS) is 21.0. The maximum atomic E-state index is 12.9. The molecule has 3 atom stereocenters. The van der Waals surface area contributed by atoms with E-state index in [2.05, 4.69) is 0 Å². The third-order valence-corrected chi connectivity index (χ3v) is 6.15.